The lowest BCUT2D eigenvalue weighted by atomic mass is 10.1. The van der Waals surface area contributed by atoms with Crippen molar-refractivity contribution in [2.75, 3.05) is 32.4 Å². The lowest BCUT2D eigenvalue weighted by Crippen LogP contribution is -2.26. The average Bonchev–Trinajstić information content (AvgIpc) is 2.86. The van der Waals surface area contributed by atoms with Crippen molar-refractivity contribution in [3.05, 3.63) is 24.3 Å². The molecule has 0 spiro atoms. The molecule has 0 aliphatic carbocycles. The number of hydrogen-bond acceptors (Lipinski definition) is 5. The number of hydrogen-bond donors (Lipinski definition) is 1. The zero-order chi connectivity index (χ0) is 25.0. The number of ether oxygens (including phenoxy) is 3. The van der Waals surface area contributed by atoms with E-state index in [-0.39, 0.29) is 11.2 Å². The molecule has 1 atom stereocenters. The Morgan fingerprint density at radius 3 is 1.97 bits per heavy atom. The van der Waals surface area contributed by atoms with E-state index in [9.17, 15) is 4.79 Å². The van der Waals surface area contributed by atoms with Crippen LogP contribution in [0.3, 0.4) is 0 Å². The number of unbranched alkanes of at least 4 members (excludes halogenated alkanes) is 8. The predicted molar refractivity (Wildman–Crippen MR) is 147 cm³/mol. The number of thioether (sulfide) groups is 1. The van der Waals surface area contributed by atoms with Crippen molar-refractivity contribution < 1.29 is 19.0 Å². The van der Waals surface area contributed by atoms with Gasteiger partial charge in [0.2, 0.25) is 5.91 Å². The van der Waals surface area contributed by atoms with Crippen LogP contribution in [0.2, 0.25) is 0 Å². The zero-order valence-corrected chi connectivity index (χ0v) is 22.9. The maximum atomic E-state index is 13.2. The Morgan fingerprint density at radius 2 is 1.44 bits per heavy atom. The van der Waals surface area contributed by atoms with Crippen LogP contribution in [0.1, 0.15) is 90.9 Å². The lowest BCUT2D eigenvalue weighted by Gasteiger charge is -2.20. The summed E-state index contributed by atoms with van der Waals surface area (Å²) in [5.74, 6) is 2.66. The largest absolute Gasteiger partial charge is 0.496 e. The summed E-state index contributed by atoms with van der Waals surface area (Å²) >= 11 is 1.74. The molecule has 34 heavy (non-hydrogen) atoms. The Balaban J connectivity index is 2.51. The van der Waals surface area contributed by atoms with Gasteiger partial charge in [-0.05, 0) is 44.3 Å². The Hall–Kier alpha value is -1.82. The number of nitrogens with one attached hydrogen (secondary N) is 1. The second-order valence-electron chi connectivity index (χ2n) is 8.57. The Kier molecular flexibility index (Phi) is 17.3. The molecule has 5 nitrogen and oxygen atoms in total. The lowest BCUT2D eigenvalue weighted by molar-refractivity contribution is -0.115. The average molecular weight is 494 g/mol. The van der Waals surface area contributed by atoms with Crippen molar-refractivity contribution in [1.82, 2.24) is 0 Å². The van der Waals surface area contributed by atoms with Crippen LogP contribution >= 0.6 is 11.8 Å². The number of carbonyl (C=O) groups is 1. The van der Waals surface area contributed by atoms with Gasteiger partial charge in [0.05, 0.1) is 26.6 Å². The number of anilines is 1. The van der Waals surface area contributed by atoms with E-state index in [1.165, 1.54) is 51.4 Å². The van der Waals surface area contributed by atoms with Crippen LogP contribution in [-0.4, -0.2) is 38.2 Å². The first-order valence-corrected chi connectivity index (χ1v) is 14.0. The molecular formula is C28H47NO4S. The summed E-state index contributed by atoms with van der Waals surface area (Å²) in [5, 5.41) is 2.98. The van der Waals surface area contributed by atoms with E-state index in [1.807, 2.05) is 0 Å². The fourth-order valence-corrected chi connectivity index (χ4v) is 4.82. The quantitative estimate of drug-likeness (QED) is 0.147. The van der Waals surface area contributed by atoms with Gasteiger partial charge in [-0.1, -0.05) is 64.5 Å². The van der Waals surface area contributed by atoms with Crippen molar-refractivity contribution in [2.45, 2.75) is 96.1 Å². The standard InChI is InChI=1S/C28H47NO4S/c1-6-8-9-10-11-12-13-14-15-16-17-18-19-26(34-20-7-2)28(30)29-27-24(32-4)21-23(31-3)22-25(27)33-5/h12-13,21-22,26H,6-11,14-20H2,1-5H3,(H,29,30). The highest BCUT2D eigenvalue weighted by molar-refractivity contribution is 8.00. The third-order valence-electron chi connectivity index (χ3n) is 5.76. The Bertz CT molecular complexity index is 683. The molecule has 0 radical (unpaired) electrons. The van der Waals surface area contributed by atoms with Crippen LogP contribution in [0.4, 0.5) is 5.69 Å². The topological polar surface area (TPSA) is 56.8 Å². The second kappa shape index (κ2) is 19.5. The van der Waals surface area contributed by atoms with Gasteiger partial charge in [-0.25, -0.2) is 0 Å². The van der Waals surface area contributed by atoms with Gasteiger partial charge in [-0.15, -0.1) is 11.8 Å². The van der Waals surface area contributed by atoms with E-state index in [0.29, 0.717) is 22.9 Å². The maximum Gasteiger partial charge on any atom is 0.237 e. The van der Waals surface area contributed by atoms with Crippen LogP contribution in [0.15, 0.2) is 24.3 Å². The molecular weight excluding hydrogens is 446 g/mol. The van der Waals surface area contributed by atoms with Crippen molar-refractivity contribution >= 4 is 23.4 Å². The van der Waals surface area contributed by atoms with Gasteiger partial charge in [0, 0.05) is 12.1 Å². The van der Waals surface area contributed by atoms with Gasteiger partial charge < -0.3 is 19.5 Å². The molecule has 0 aliphatic heterocycles. The normalized spacial score (nSPS) is 12.0. The van der Waals surface area contributed by atoms with E-state index in [0.717, 1.165) is 31.4 Å². The van der Waals surface area contributed by atoms with Crippen LogP contribution < -0.4 is 19.5 Å². The van der Waals surface area contributed by atoms with Gasteiger partial charge in [-0.3, -0.25) is 4.79 Å². The van der Waals surface area contributed by atoms with E-state index < -0.39 is 0 Å². The molecule has 0 saturated carbocycles. The van der Waals surface area contributed by atoms with Gasteiger partial charge >= 0.3 is 0 Å². The van der Waals surface area contributed by atoms with Crippen molar-refractivity contribution in [2.24, 2.45) is 0 Å². The molecule has 1 amide bonds. The summed E-state index contributed by atoms with van der Waals surface area (Å²) < 4.78 is 16.3. The summed E-state index contributed by atoms with van der Waals surface area (Å²) in [6.45, 7) is 4.40. The molecule has 0 saturated heterocycles. The molecule has 1 aromatic rings. The monoisotopic (exact) mass is 493 g/mol. The molecule has 0 aromatic heterocycles. The van der Waals surface area contributed by atoms with Gasteiger partial charge in [0.15, 0.2) is 0 Å². The van der Waals surface area contributed by atoms with Crippen LogP contribution in [-0.2, 0) is 4.79 Å². The van der Waals surface area contributed by atoms with Crippen LogP contribution in [0.25, 0.3) is 0 Å². The highest BCUT2D eigenvalue weighted by Crippen LogP contribution is 2.39. The zero-order valence-electron chi connectivity index (χ0n) is 22.1. The molecule has 1 unspecified atom stereocenters. The number of amides is 1. The number of rotatable bonds is 20. The van der Waals surface area contributed by atoms with Crippen LogP contribution in [0, 0.1) is 0 Å². The number of benzene rings is 1. The second-order valence-corrected chi connectivity index (χ2v) is 9.88. The first-order valence-electron chi connectivity index (χ1n) is 13.0. The first kappa shape index (κ1) is 30.2. The SMILES string of the molecule is CCCCCCC=CCCCCCCC(SCCC)C(=O)Nc1c(OC)cc(OC)cc1OC. The molecule has 0 fully saturated rings. The minimum absolute atomic E-state index is 0.00576. The molecule has 1 N–H and O–H groups in total. The molecule has 1 aromatic carbocycles. The first-order chi connectivity index (χ1) is 16.6. The minimum Gasteiger partial charge on any atom is -0.496 e. The fraction of sp³-hybridized carbons (Fsp3) is 0.679. The molecule has 0 heterocycles. The minimum atomic E-state index is -0.0838. The summed E-state index contributed by atoms with van der Waals surface area (Å²) in [4.78, 5) is 13.2. The van der Waals surface area contributed by atoms with Crippen molar-refractivity contribution in [1.29, 1.82) is 0 Å². The predicted octanol–water partition coefficient (Wildman–Crippen LogP) is 8.03. The third kappa shape index (κ3) is 12.0. The van der Waals surface area contributed by atoms with Crippen molar-refractivity contribution in [3.63, 3.8) is 0 Å². The molecule has 1 rings (SSSR count). The molecule has 194 valence electrons. The summed E-state index contributed by atoms with van der Waals surface area (Å²) in [6, 6.07) is 3.51. The summed E-state index contributed by atoms with van der Waals surface area (Å²) in [6.07, 6.45) is 19.0. The number of methoxy groups -OCH3 is 3. The highest BCUT2D eigenvalue weighted by atomic mass is 32.2. The van der Waals surface area contributed by atoms with Crippen LogP contribution in [0.5, 0.6) is 17.2 Å². The number of allylic oxidation sites excluding steroid dienone is 2. The van der Waals surface area contributed by atoms with E-state index in [2.05, 4.69) is 31.3 Å². The highest BCUT2D eigenvalue weighted by Gasteiger charge is 2.22. The molecule has 0 bridgehead atoms. The van der Waals surface area contributed by atoms with Gasteiger partial charge in [-0.2, -0.15) is 0 Å². The van der Waals surface area contributed by atoms with E-state index in [4.69, 9.17) is 14.2 Å². The van der Waals surface area contributed by atoms with E-state index in [1.54, 1.807) is 45.2 Å². The van der Waals surface area contributed by atoms with Gasteiger partial charge in [0.25, 0.3) is 0 Å². The maximum absolute atomic E-state index is 13.2. The summed E-state index contributed by atoms with van der Waals surface area (Å²) in [7, 11) is 4.75. The Labute approximate surface area is 212 Å². The van der Waals surface area contributed by atoms with E-state index >= 15 is 0 Å². The summed E-state index contributed by atoms with van der Waals surface area (Å²) in [5.41, 5.74) is 0.555. The van der Waals surface area contributed by atoms with Crippen molar-refractivity contribution in [3.8, 4) is 17.2 Å². The molecule has 6 heteroatoms. The third-order valence-corrected chi connectivity index (χ3v) is 7.25. The van der Waals surface area contributed by atoms with Gasteiger partial charge in [0.1, 0.15) is 22.9 Å². The number of carbonyl (C=O) groups excluding carboxylic acids is 1. The molecule has 0 aliphatic rings. The smallest absolute Gasteiger partial charge is 0.237 e. The Morgan fingerprint density at radius 1 is 0.853 bits per heavy atom. The fourth-order valence-electron chi connectivity index (χ4n) is 3.75.